The summed E-state index contributed by atoms with van der Waals surface area (Å²) >= 11 is 0. The summed E-state index contributed by atoms with van der Waals surface area (Å²) in [5.41, 5.74) is 0. The van der Waals surface area contributed by atoms with Gasteiger partial charge in [0.1, 0.15) is 55.4 Å². The van der Waals surface area contributed by atoms with Crippen LogP contribution in [0.1, 0.15) is 187 Å². The molecule has 11 atom stereocenters. The van der Waals surface area contributed by atoms with Crippen LogP contribution in [0.25, 0.3) is 0 Å². The van der Waals surface area contributed by atoms with Gasteiger partial charge in [-0.25, -0.2) is 0 Å². The Morgan fingerprint density at radius 3 is 1.28 bits per heavy atom. The van der Waals surface area contributed by atoms with Gasteiger partial charge in [0.2, 0.25) is 0 Å². The molecule has 0 aromatic rings. The summed E-state index contributed by atoms with van der Waals surface area (Å²) < 4.78 is 33.4. The Morgan fingerprint density at radius 1 is 0.459 bits per heavy atom. The minimum absolute atomic E-state index is 0.169. The Balaban J connectivity index is 1.76. The van der Waals surface area contributed by atoms with Crippen LogP contribution in [-0.2, 0) is 38.0 Å². The predicted molar refractivity (Wildman–Crippen MR) is 229 cm³/mol. The Labute approximate surface area is 366 Å². The fourth-order valence-electron chi connectivity index (χ4n) is 7.81. The molecule has 360 valence electrons. The normalized spacial score (nSPS) is 27.2. The molecule has 2 heterocycles. The topological polar surface area (TPSA) is 231 Å². The van der Waals surface area contributed by atoms with E-state index in [9.17, 15) is 45.3 Å². The van der Waals surface area contributed by atoms with Crippen LogP contribution in [-0.4, -0.2) is 142 Å². The van der Waals surface area contributed by atoms with Crippen LogP contribution >= 0.6 is 0 Å². The predicted octanol–water partition coefficient (Wildman–Crippen LogP) is 5.65. The van der Waals surface area contributed by atoms with Crippen LogP contribution in [0.15, 0.2) is 0 Å². The third-order valence-electron chi connectivity index (χ3n) is 11.8. The molecule has 0 aliphatic carbocycles. The largest absolute Gasteiger partial charge is 0.462 e. The van der Waals surface area contributed by atoms with Gasteiger partial charge in [-0.15, -0.1) is 0 Å². The highest BCUT2D eigenvalue weighted by Gasteiger charge is 2.47. The van der Waals surface area contributed by atoms with Crippen molar-refractivity contribution in [2.75, 3.05) is 26.4 Å². The number of rotatable bonds is 37. The SMILES string of the molecule is CCCCCCCCCCCCCCCCCCCCC(=O)OC[C@@H](CO[C@@H]1O[C@H](CO[C@@H]2O[C@H](CO)[C@H](O)C(O)C2O)[C@H](O)C(O)C1O)OC(=O)CCCCCCCCC. The number of aliphatic hydroxyl groups excluding tert-OH is 7. The number of aliphatic hydroxyl groups is 7. The first-order chi connectivity index (χ1) is 29.5. The van der Waals surface area contributed by atoms with Crippen LogP contribution in [0.2, 0.25) is 0 Å². The lowest BCUT2D eigenvalue weighted by molar-refractivity contribution is -0.332. The number of esters is 2. The highest BCUT2D eigenvalue weighted by molar-refractivity contribution is 5.70. The number of hydrogen-bond acceptors (Lipinski definition) is 15. The van der Waals surface area contributed by atoms with Crippen LogP contribution in [0, 0.1) is 0 Å². The number of carbonyl (C=O) groups is 2. The number of unbranched alkanes of at least 4 members (excludes halogenated alkanes) is 23. The third kappa shape index (κ3) is 23.8. The van der Waals surface area contributed by atoms with Crippen molar-refractivity contribution in [2.24, 2.45) is 0 Å². The average molecular weight is 879 g/mol. The summed E-state index contributed by atoms with van der Waals surface area (Å²) in [6.45, 7) is 2.55. The van der Waals surface area contributed by atoms with E-state index in [1.54, 1.807) is 0 Å². The minimum Gasteiger partial charge on any atom is -0.462 e. The van der Waals surface area contributed by atoms with E-state index in [0.29, 0.717) is 12.8 Å². The molecule has 0 aromatic heterocycles. The summed E-state index contributed by atoms with van der Waals surface area (Å²) in [5, 5.41) is 71.8. The molecule has 2 aliphatic heterocycles. The van der Waals surface area contributed by atoms with Crippen molar-refractivity contribution in [1.29, 1.82) is 0 Å². The maximum Gasteiger partial charge on any atom is 0.306 e. The molecular weight excluding hydrogens is 792 g/mol. The van der Waals surface area contributed by atoms with E-state index in [1.165, 1.54) is 96.3 Å². The van der Waals surface area contributed by atoms with Gasteiger partial charge in [0.15, 0.2) is 18.7 Å². The molecule has 61 heavy (non-hydrogen) atoms. The van der Waals surface area contributed by atoms with Crippen molar-refractivity contribution in [3.63, 3.8) is 0 Å². The Morgan fingerprint density at radius 2 is 0.836 bits per heavy atom. The molecule has 0 aromatic carbocycles. The van der Waals surface area contributed by atoms with Crippen molar-refractivity contribution < 1.29 is 73.8 Å². The third-order valence-corrected chi connectivity index (χ3v) is 11.8. The second kappa shape index (κ2) is 34.8. The first-order valence-electron chi connectivity index (χ1n) is 24.1. The monoisotopic (exact) mass is 879 g/mol. The second-order valence-corrected chi connectivity index (χ2v) is 17.3. The lowest BCUT2D eigenvalue weighted by Crippen LogP contribution is -2.61. The summed E-state index contributed by atoms with van der Waals surface area (Å²) in [6.07, 6.45) is 13.2. The molecule has 4 unspecified atom stereocenters. The average Bonchev–Trinajstić information content (AvgIpc) is 3.25. The lowest BCUT2D eigenvalue weighted by Gasteiger charge is -2.42. The first kappa shape index (κ1) is 55.6. The molecule has 15 heteroatoms. The van der Waals surface area contributed by atoms with E-state index in [-0.39, 0.29) is 26.1 Å². The van der Waals surface area contributed by atoms with Crippen molar-refractivity contribution in [3.8, 4) is 0 Å². The zero-order chi connectivity index (χ0) is 44.7. The molecule has 0 radical (unpaired) electrons. The molecule has 7 N–H and O–H groups in total. The summed E-state index contributed by atoms with van der Waals surface area (Å²) in [6, 6.07) is 0. The van der Waals surface area contributed by atoms with Gasteiger partial charge in [-0.05, 0) is 12.8 Å². The molecule has 15 nitrogen and oxygen atoms in total. The molecule has 2 rings (SSSR count). The van der Waals surface area contributed by atoms with E-state index in [1.807, 2.05) is 0 Å². The summed E-state index contributed by atoms with van der Waals surface area (Å²) in [5.74, 6) is -0.921. The molecule has 0 bridgehead atoms. The zero-order valence-electron chi connectivity index (χ0n) is 37.7. The van der Waals surface area contributed by atoms with Gasteiger partial charge in [0.05, 0.1) is 19.8 Å². The van der Waals surface area contributed by atoms with E-state index >= 15 is 0 Å². The van der Waals surface area contributed by atoms with Crippen LogP contribution < -0.4 is 0 Å². The van der Waals surface area contributed by atoms with E-state index in [0.717, 1.165) is 51.4 Å². The maximum atomic E-state index is 12.8. The summed E-state index contributed by atoms with van der Waals surface area (Å²) in [4.78, 5) is 25.5. The Hall–Kier alpha value is -1.50. The Kier molecular flexibility index (Phi) is 31.8. The standard InChI is InChI=1S/C46H86O15/c1-3-5-7-9-11-12-13-14-15-16-17-18-19-20-21-23-24-26-28-37(48)56-31-34(59-38(49)29-27-25-22-10-8-6-4-2)32-57-45-44(55)42(53)40(51)36(61-45)33-58-46-43(54)41(52)39(50)35(30-47)60-46/h34-36,39-47,50-55H,3-33H2,1-2H3/t34-,35+,36+,39-,40-,41?,42?,43?,44?,45+,46+/m0/s1. The minimum atomic E-state index is -1.76. The Bertz CT molecular complexity index is 1080. The van der Waals surface area contributed by atoms with Crippen molar-refractivity contribution in [3.05, 3.63) is 0 Å². The van der Waals surface area contributed by atoms with Gasteiger partial charge >= 0.3 is 11.9 Å². The fourth-order valence-corrected chi connectivity index (χ4v) is 7.81. The van der Waals surface area contributed by atoms with Crippen LogP contribution in [0.3, 0.4) is 0 Å². The summed E-state index contributed by atoms with van der Waals surface area (Å²) in [7, 11) is 0. The maximum absolute atomic E-state index is 12.8. The van der Waals surface area contributed by atoms with Gasteiger partial charge in [-0.3, -0.25) is 9.59 Å². The van der Waals surface area contributed by atoms with Gasteiger partial charge in [0.25, 0.3) is 0 Å². The molecule has 2 aliphatic rings. The van der Waals surface area contributed by atoms with E-state index < -0.39 is 92.7 Å². The first-order valence-corrected chi connectivity index (χ1v) is 24.1. The fraction of sp³-hybridized carbons (Fsp3) is 0.957. The van der Waals surface area contributed by atoms with Crippen molar-refractivity contribution in [1.82, 2.24) is 0 Å². The number of hydrogen-bond donors (Lipinski definition) is 7. The lowest BCUT2D eigenvalue weighted by atomic mass is 9.98. The van der Waals surface area contributed by atoms with Crippen molar-refractivity contribution in [2.45, 2.75) is 255 Å². The highest BCUT2D eigenvalue weighted by Crippen LogP contribution is 2.26. The van der Waals surface area contributed by atoms with Crippen molar-refractivity contribution >= 4 is 11.9 Å². The van der Waals surface area contributed by atoms with Crippen LogP contribution in [0.4, 0.5) is 0 Å². The molecule has 0 saturated carbocycles. The van der Waals surface area contributed by atoms with E-state index in [2.05, 4.69) is 13.8 Å². The molecule has 0 spiro atoms. The number of carbonyl (C=O) groups excluding carboxylic acids is 2. The van der Waals surface area contributed by atoms with E-state index in [4.69, 9.17) is 28.4 Å². The van der Waals surface area contributed by atoms with Gasteiger partial charge < -0.3 is 64.2 Å². The smallest absolute Gasteiger partial charge is 0.306 e. The molecule has 2 saturated heterocycles. The second-order valence-electron chi connectivity index (χ2n) is 17.3. The van der Waals surface area contributed by atoms with Gasteiger partial charge in [-0.1, -0.05) is 162 Å². The quantitative estimate of drug-likeness (QED) is 0.0295. The van der Waals surface area contributed by atoms with Gasteiger partial charge in [0, 0.05) is 12.8 Å². The van der Waals surface area contributed by atoms with Crippen LogP contribution in [0.5, 0.6) is 0 Å². The molecule has 0 amide bonds. The molecule has 2 fully saturated rings. The highest BCUT2D eigenvalue weighted by atomic mass is 16.7. The zero-order valence-corrected chi connectivity index (χ0v) is 37.7. The number of ether oxygens (including phenoxy) is 6. The van der Waals surface area contributed by atoms with Gasteiger partial charge in [-0.2, -0.15) is 0 Å². The molecular formula is C46H86O15.